The molecule has 0 bridgehead atoms. The quantitative estimate of drug-likeness (QED) is 0.893. The van der Waals surface area contributed by atoms with Crippen molar-refractivity contribution in [3.63, 3.8) is 0 Å². The number of hydrogen-bond acceptors (Lipinski definition) is 3. The summed E-state index contributed by atoms with van der Waals surface area (Å²) in [5.41, 5.74) is 1.80. The van der Waals surface area contributed by atoms with Crippen LogP contribution < -0.4 is 10.2 Å². The molecule has 1 saturated carbocycles. The maximum Gasteiger partial charge on any atom is 0.251 e. The Morgan fingerprint density at radius 2 is 1.71 bits per heavy atom. The Morgan fingerprint density at radius 1 is 1.12 bits per heavy atom. The second-order valence-corrected chi connectivity index (χ2v) is 7.96. The second kappa shape index (κ2) is 7.14. The highest BCUT2D eigenvalue weighted by Gasteiger charge is 2.31. The average molecular weight is 330 g/mol. The van der Waals surface area contributed by atoms with Crippen molar-refractivity contribution < 1.29 is 9.90 Å². The zero-order valence-corrected chi connectivity index (χ0v) is 14.9. The third-order valence-electron chi connectivity index (χ3n) is 5.75. The molecule has 2 N–H and O–H groups in total. The van der Waals surface area contributed by atoms with Crippen LogP contribution >= 0.6 is 0 Å². The molecule has 2 fully saturated rings. The van der Waals surface area contributed by atoms with Crippen LogP contribution in [0.2, 0.25) is 0 Å². The van der Waals surface area contributed by atoms with Crippen molar-refractivity contribution in [3.8, 4) is 0 Å². The van der Waals surface area contributed by atoms with Crippen LogP contribution in [0, 0.1) is 5.92 Å². The van der Waals surface area contributed by atoms with E-state index in [-0.39, 0.29) is 17.6 Å². The molecule has 1 aliphatic carbocycles. The number of nitrogens with zero attached hydrogens (tertiary/aromatic N) is 1. The number of rotatable bonds is 3. The van der Waals surface area contributed by atoms with E-state index in [1.54, 1.807) is 0 Å². The molecule has 4 heteroatoms. The number of carbonyl (C=O) groups is 1. The van der Waals surface area contributed by atoms with Crippen LogP contribution in [0.3, 0.4) is 0 Å². The van der Waals surface area contributed by atoms with Gasteiger partial charge in [0.15, 0.2) is 0 Å². The highest BCUT2D eigenvalue weighted by molar-refractivity contribution is 5.95. The minimum atomic E-state index is -0.162. The van der Waals surface area contributed by atoms with Crippen LogP contribution in [-0.2, 0) is 0 Å². The van der Waals surface area contributed by atoms with E-state index in [0.29, 0.717) is 0 Å². The van der Waals surface area contributed by atoms with E-state index in [1.807, 2.05) is 24.3 Å². The Hall–Kier alpha value is -1.55. The number of anilines is 1. The molecule has 1 heterocycles. The molecule has 1 aromatic rings. The molecular formula is C20H30N2O2. The Labute approximate surface area is 145 Å². The molecule has 1 amide bonds. The summed E-state index contributed by atoms with van der Waals surface area (Å²) in [6.45, 7) is 6.22. The van der Waals surface area contributed by atoms with E-state index in [9.17, 15) is 9.90 Å². The molecule has 2 aliphatic rings. The molecule has 24 heavy (non-hydrogen) atoms. The van der Waals surface area contributed by atoms with Crippen molar-refractivity contribution in [2.24, 2.45) is 5.92 Å². The Balaban J connectivity index is 1.59. The smallest absolute Gasteiger partial charge is 0.251 e. The number of amides is 1. The van der Waals surface area contributed by atoms with Crippen LogP contribution in [0.1, 0.15) is 62.7 Å². The Bertz CT molecular complexity index is 554. The number of hydrogen-bond donors (Lipinski definition) is 2. The van der Waals surface area contributed by atoms with Gasteiger partial charge in [-0.2, -0.15) is 0 Å². The van der Waals surface area contributed by atoms with Gasteiger partial charge in [-0.1, -0.05) is 6.92 Å². The average Bonchev–Trinajstić information content (AvgIpc) is 2.59. The van der Waals surface area contributed by atoms with E-state index in [4.69, 9.17) is 0 Å². The van der Waals surface area contributed by atoms with Crippen LogP contribution in [0.15, 0.2) is 24.3 Å². The summed E-state index contributed by atoms with van der Waals surface area (Å²) in [6.07, 6.45) is 5.98. The fraction of sp³-hybridized carbons (Fsp3) is 0.650. The van der Waals surface area contributed by atoms with Crippen molar-refractivity contribution in [2.75, 3.05) is 18.0 Å². The van der Waals surface area contributed by atoms with E-state index in [2.05, 4.69) is 24.1 Å². The maximum absolute atomic E-state index is 12.6. The topological polar surface area (TPSA) is 52.6 Å². The number of piperidine rings is 1. The lowest BCUT2D eigenvalue weighted by Crippen LogP contribution is -2.48. The molecule has 0 spiro atoms. The zero-order valence-electron chi connectivity index (χ0n) is 14.9. The van der Waals surface area contributed by atoms with Crippen molar-refractivity contribution >= 4 is 11.6 Å². The van der Waals surface area contributed by atoms with Gasteiger partial charge < -0.3 is 15.3 Å². The minimum Gasteiger partial charge on any atom is -0.393 e. The molecule has 1 aliphatic heterocycles. The molecule has 0 aromatic heterocycles. The molecule has 3 rings (SSSR count). The second-order valence-electron chi connectivity index (χ2n) is 7.96. The molecule has 0 radical (unpaired) electrons. The van der Waals surface area contributed by atoms with Crippen molar-refractivity contribution in [1.29, 1.82) is 0 Å². The van der Waals surface area contributed by atoms with Crippen LogP contribution in [0.25, 0.3) is 0 Å². The van der Waals surface area contributed by atoms with Crippen molar-refractivity contribution in [3.05, 3.63) is 29.8 Å². The van der Waals surface area contributed by atoms with Crippen molar-refractivity contribution in [1.82, 2.24) is 5.32 Å². The van der Waals surface area contributed by atoms with Crippen LogP contribution in [-0.4, -0.2) is 35.7 Å². The first-order valence-corrected chi connectivity index (χ1v) is 9.31. The summed E-state index contributed by atoms with van der Waals surface area (Å²) in [4.78, 5) is 14.8. The van der Waals surface area contributed by atoms with Gasteiger partial charge in [0.05, 0.1) is 6.10 Å². The SMILES string of the molecule is CC1CCC(C)(NC(=O)c2ccc(N3CCC(O)CC3)cc2)CC1. The molecule has 1 saturated heterocycles. The Morgan fingerprint density at radius 3 is 2.29 bits per heavy atom. The van der Waals surface area contributed by atoms with Gasteiger partial charge in [0.1, 0.15) is 0 Å². The first kappa shape index (κ1) is 17.3. The lowest BCUT2D eigenvalue weighted by molar-refractivity contribution is 0.0870. The standard InChI is InChI=1S/C20H30N2O2/c1-15-7-11-20(2,12-8-15)21-19(24)16-3-5-17(6-4-16)22-13-9-18(23)10-14-22/h3-6,15,18,23H,7-14H2,1-2H3,(H,21,24). The monoisotopic (exact) mass is 330 g/mol. The van der Waals surface area contributed by atoms with Gasteiger partial charge in [-0.15, -0.1) is 0 Å². The fourth-order valence-corrected chi connectivity index (χ4v) is 3.82. The predicted octanol–water partition coefficient (Wildman–Crippen LogP) is 3.35. The number of nitrogens with one attached hydrogen (secondary N) is 1. The summed E-state index contributed by atoms with van der Waals surface area (Å²) in [5, 5.41) is 12.9. The number of carbonyl (C=O) groups excluding carboxylic acids is 1. The molecular weight excluding hydrogens is 300 g/mol. The van der Waals surface area contributed by atoms with E-state index < -0.39 is 0 Å². The summed E-state index contributed by atoms with van der Waals surface area (Å²) in [7, 11) is 0. The highest BCUT2D eigenvalue weighted by Crippen LogP contribution is 2.31. The first-order valence-electron chi connectivity index (χ1n) is 9.31. The van der Waals surface area contributed by atoms with E-state index >= 15 is 0 Å². The summed E-state index contributed by atoms with van der Waals surface area (Å²) in [6, 6.07) is 7.89. The first-order chi connectivity index (χ1) is 11.5. The molecule has 0 atom stereocenters. The Kier molecular flexibility index (Phi) is 5.14. The summed E-state index contributed by atoms with van der Waals surface area (Å²) >= 11 is 0. The molecule has 1 aromatic carbocycles. The highest BCUT2D eigenvalue weighted by atomic mass is 16.3. The number of benzene rings is 1. The van der Waals surface area contributed by atoms with Crippen LogP contribution in [0.4, 0.5) is 5.69 Å². The predicted molar refractivity (Wildman–Crippen MR) is 97.4 cm³/mol. The molecule has 132 valence electrons. The summed E-state index contributed by atoms with van der Waals surface area (Å²) in [5.74, 6) is 0.810. The number of aliphatic hydroxyl groups excluding tert-OH is 1. The zero-order chi connectivity index (χ0) is 17.2. The van der Waals surface area contributed by atoms with E-state index in [1.165, 1.54) is 12.8 Å². The number of aliphatic hydroxyl groups is 1. The maximum atomic E-state index is 12.6. The van der Waals surface area contributed by atoms with E-state index in [0.717, 1.165) is 55.9 Å². The molecule has 4 nitrogen and oxygen atoms in total. The molecule has 0 unspecified atom stereocenters. The van der Waals surface area contributed by atoms with Gasteiger partial charge in [-0.25, -0.2) is 0 Å². The van der Waals surface area contributed by atoms with Gasteiger partial charge in [-0.05, 0) is 75.6 Å². The minimum absolute atomic E-state index is 0.0349. The lowest BCUT2D eigenvalue weighted by Gasteiger charge is -2.37. The third kappa shape index (κ3) is 4.10. The van der Waals surface area contributed by atoms with Crippen LogP contribution in [0.5, 0.6) is 0 Å². The van der Waals surface area contributed by atoms with Gasteiger partial charge in [0.25, 0.3) is 5.91 Å². The summed E-state index contributed by atoms with van der Waals surface area (Å²) < 4.78 is 0. The van der Waals surface area contributed by atoms with Crippen molar-refractivity contribution in [2.45, 2.75) is 64.0 Å². The lowest BCUT2D eigenvalue weighted by atomic mass is 9.78. The van der Waals surface area contributed by atoms with Gasteiger partial charge in [0, 0.05) is 29.9 Å². The third-order valence-corrected chi connectivity index (χ3v) is 5.75. The normalized spacial score (nSPS) is 28.6. The van der Waals surface area contributed by atoms with Gasteiger partial charge in [0.2, 0.25) is 0 Å². The van der Waals surface area contributed by atoms with Gasteiger partial charge in [-0.3, -0.25) is 4.79 Å². The fourth-order valence-electron chi connectivity index (χ4n) is 3.82. The van der Waals surface area contributed by atoms with Gasteiger partial charge >= 0.3 is 0 Å². The largest absolute Gasteiger partial charge is 0.393 e.